The maximum atomic E-state index is 12.0. The molecule has 19 heavy (non-hydrogen) atoms. The van der Waals surface area contributed by atoms with E-state index in [2.05, 4.69) is 0 Å². The molecular formula is C14H27NO4. The Balaban J connectivity index is 2.46. The first-order valence-electron chi connectivity index (χ1n) is 7.07. The average molecular weight is 273 g/mol. The number of likely N-dealkylation sites (tertiary alicyclic amines) is 1. The van der Waals surface area contributed by atoms with Crippen LogP contribution in [0.1, 0.15) is 40.5 Å². The zero-order chi connectivity index (χ0) is 14.5. The Morgan fingerprint density at radius 3 is 2.68 bits per heavy atom. The zero-order valence-corrected chi connectivity index (χ0v) is 12.5. The number of amides is 1. The van der Waals surface area contributed by atoms with Gasteiger partial charge < -0.3 is 19.5 Å². The topological polar surface area (TPSA) is 59.0 Å². The SMILES string of the molecule is CCOCCC1CN(C(=O)OC(C)(C)C)CCC1O. The van der Waals surface area contributed by atoms with Crippen molar-refractivity contribution in [1.82, 2.24) is 4.90 Å². The van der Waals surface area contributed by atoms with Gasteiger partial charge in [0, 0.05) is 32.2 Å². The van der Waals surface area contributed by atoms with Crippen molar-refractivity contribution in [1.29, 1.82) is 0 Å². The van der Waals surface area contributed by atoms with E-state index in [-0.39, 0.29) is 18.1 Å². The van der Waals surface area contributed by atoms with E-state index >= 15 is 0 Å². The number of aliphatic hydroxyl groups is 1. The molecule has 0 aromatic rings. The summed E-state index contributed by atoms with van der Waals surface area (Å²) in [6.45, 7) is 9.93. The second-order valence-corrected chi connectivity index (χ2v) is 6.03. The van der Waals surface area contributed by atoms with Crippen LogP contribution in [0.2, 0.25) is 0 Å². The zero-order valence-electron chi connectivity index (χ0n) is 12.5. The average Bonchev–Trinajstić information content (AvgIpc) is 2.29. The quantitative estimate of drug-likeness (QED) is 0.796. The van der Waals surface area contributed by atoms with Crippen LogP contribution in [0.5, 0.6) is 0 Å². The molecular weight excluding hydrogens is 246 g/mol. The van der Waals surface area contributed by atoms with E-state index in [1.807, 2.05) is 27.7 Å². The fourth-order valence-electron chi connectivity index (χ4n) is 2.17. The molecule has 2 unspecified atom stereocenters. The molecule has 0 aromatic heterocycles. The molecule has 0 aliphatic carbocycles. The Hall–Kier alpha value is -0.810. The van der Waals surface area contributed by atoms with Crippen molar-refractivity contribution in [2.45, 2.75) is 52.2 Å². The Morgan fingerprint density at radius 2 is 2.11 bits per heavy atom. The number of hydrogen-bond acceptors (Lipinski definition) is 4. The molecule has 1 amide bonds. The molecule has 1 saturated heterocycles. The summed E-state index contributed by atoms with van der Waals surface area (Å²) in [6, 6.07) is 0. The lowest BCUT2D eigenvalue weighted by Crippen LogP contribution is -2.47. The highest BCUT2D eigenvalue weighted by Gasteiger charge is 2.32. The van der Waals surface area contributed by atoms with Gasteiger partial charge in [-0.05, 0) is 40.5 Å². The van der Waals surface area contributed by atoms with Crippen LogP contribution in [0.4, 0.5) is 4.79 Å². The summed E-state index contributed by atoms with van der Waals surface area (Å²) in [4.78, 5) is 13.7. The molecule has 1 fully saturated rings. The van der Waals surface area contributed by atoms with E-state index in [1.165, 1.54) is 0 Å². The molecule has 1 aliphatic heterocycles. The first-order valence-corrected chi connectivity index (χ1v) is 7.07. The molecule has 5 heteroatoms. The smallest absolute Gasteiger partial charge is 0.410 e. The summed E-state index contributed by atoms with van der Waals surface area (Å²) in [5.41, 5.74) is -0.478. The minimum atomic E-state index is -0.478. The van der Waals surface area contributed by atoms with Crippen molar-refractivity contribution in [2.75, 3.05) is 26.3 Å². The van der Waals surface area contributed by atoms with E-state index in [0.717, 1.165) is 6.42 Å². The minimum Gasteiger partial charge on any atom is -0.444 e. The maximum Gasteiger partial charge on any atom is 0.410 e. The minimum absolute atomic E-state index is 0.0767. The summed E-state index contributed by atoms with van der Waals surface area (Å²) in [6.07, 6.45) is 0.740. The number of carbonyl (C=O) groups excluding carboxylic acids is 1. The molecule has 112 valence electrons. The Labute approximate surface area is 115 Å². The van der Waals surface area contributed by atoms with Gasteiger partial charge in [-0.25, -0.2) is 4.79 Å². The van der Waals surface area contributed by atoms with Crippen LogP contribution < -0.4 is 0 Å². The molecule has 1 rings (SSSR count). The third kappa shape index (κ3) is 5.78. The molecule has 0 aromatic carbocycles. The Morgan fingerprint density at radius 1 is 1.42 bits per heavy atom. The Bertz CT molecular complexity index is 288. The summed E-state index contributed by atoms with van der Waals surface area (Å²) in [5.74, 6) is 0.0767. The third-order valence-electron chi connectivity index (χ3n) is 3.18. The second-order valence-electron chi connectivity index (χ2n) is 6.03. The molecule has 0 saturated carbocycles. The van der Waals surface area contributed by atoms with Gasteiger partial charge >= 0.3 is 6.09 Å². The highest BCUT2D eigenvalue weighted by Crippen LogP contribution is 2.22. The summed E-state index contributed by atoms with van der Waals surface area (Å²) < 4.78 is 10.7. The van der Waals surface area contributed by atoms with Crippen molar-refractivity contribution in [3.05, 3.63) is 0 Å². The number of nitrogens with zero attached hydrogens (tertiary/aromatic N) is 1. The number of hydrogen-bond donors (Lipinski definition) is 1. The lowest BCUT2D eigenvalue weighted by Gasteiger charge is -2.36. The van der Waals surface area contributed by atoms with Crippen molar-refractivity contribution in [3.63, 3.8) is 0 Å². The van der Waals surface area contributed by atoms with Gasteiger partial charge in [0.25, 0.3) is 0 Å². The number of aliphatic hydroxyl groups excluding tert-OH is 1. The summed E-state index contributed by atoms with van der Waals surface area (Å²) >= 11 is 0. The van der Waals surface area contributed by atoms with Crippen LogP contribution in [0.15, 0.2) is 0 Å². The van der Waals surface area contributed by atoms with Crippen LogP contribution in [0, 0.1) is 5.92 Å². The predicted octanol–water partition coefficient (Wildman–Crippen LogP) is 2.03. The number of ether oxygens (including phenoxy) is 2. The lowest BCUT2D eigenvalue weighted by molar-refractivity contribution is -0.0159. The van der Waals surface area contributed by atoms with Gasteiger partial charge in [-0.1, -0.05) is 0 Å². The normalized spacial score (nSPS) is 24.4. The number of piperidine rings is 1. The fraction of sp³-hybridized carbons (Fsp3) is 0.929. The van der Waals surface area contributed by atoms with E-state index in [0.29, 0.717) is 32.7 Å². The van der Waals surface area contributed by atoms with Gasteiger partial charge in [-0.3, -0.25) is 0 Å². The van der Waals surface area contributed by atoms with Crippen molar-refractivity contribution in [2.24, 2.45) is 5.92 Å². The van der Waals surface area contributed by atoms with Crippen molar-refractivity contribution in [3.8, 4) is 0 Å². The highest BCUT2D eigenvalue weighted by atomic mass is 16.6. The first-order chi connectivity index (χ1) is 8.83. The standard InChI is InChI=1S/C14H27NO4/c1-5-18-9-7-11-10-15(8-6-12(11)16)13(17)19-14(2,3)4/h11-12,16H,5-10H2,1-4H3. The van der Waals surface area contributed by atoms with Gasteiger partial charge in [-0.15, -0.1) is 0 Å². The van der Waals surface area contributed by atoms with Gasteiger partial charge in [0.05, 0.1) is 6.10 Å². The van der Waals surface area contributed by atoms with E-state index in [4.69, 9.17) is 9.47 Å². The molecule has 1 heterocycles. The van der Waals surface area contributed by atoms with E-state index in [9.17, 15) is 9.90 Å². The second kappa shape index (κ2) is 7.10. The fourth-order valence-corrected chi connectivity index (χ4v) is 2.17. The lowest BCUT2D eigenvalue weighted by atomic mass is 9.92. The largest absolute Gasteiger partial charge is 0.444 e. The van der Waals surface area contributed by atoms with Crippen molar-refractivity contribution < 1.29 is 19.4 Å². The van der Waals surface area contributed by atoms with Gasteiger partial charge in [0.2, 0.25) is 0 Å². The summed E-state index contributed by atoms with van der Waals surface area (Å²) in [7, 11) is 0. The van der Waals surface area contributed by atoms with Crippen LogP contribution in [-0.4, -0.2) is 54.1 Å². The predicted molar refractivity (Wildman–Crippen MR) is 73.0 cm³/mol. The van der Waals surface area contributed by atoms with Crippen LogP contribution in [-0.2, 0) is 9.47 Å². The van der Waals surface area contributed by atoms with E-state index < -0.39 is 5.60 Å². The van der Waals surface area contributed by atoms with Gasteiger partial charge in [-0.2, -0.15) is 0 Å². The molecule has 0 spiro atoms. The molecule has 0 radical (unpaired) electrons. The van der Waals surface area contributed by atoms with Crippen LogP contribution >= 0.6 is 0 Å². The Kier molecular flexibility index (Phi) is 6.07. The summed E-state index contributed by atoms with van der Waals surface area (Å²) in [5, 5.41) is 9.97. The molecule has 1 aliphatic rings. The number of rotatable bonds is 4. The molecule has 5 nitrogen and oxygen atoms in total. The van der Waals surface area contributed by atoms with Gasteiger partial charge in [0.1, 0.15) is 5.60 Å². The van der Waals surface area contributed by atoms with E-state index in [1.54, 1.807) is 4.90 Å². The molecule has 0 bridgehead atoms. The van der Waals surface area contributed by atoms with Crippen LogP contribution in [0.25, 0.3) is 0 Å². The van der Waals surface area contributed by atoms with Crippen molar-refractivity contribution >= 4 is 6.09 Å². The molecule has 2 atom stereocenters. The number of carbonyl (C=O) groups is 1. The molecule has 1 N–H and O–H groups in total. The third-order valence-corrected chi connectivity index (χ3v) is 3.18. The highest BCUT2D eigenvalue weighted by molar-refractivity contribution is 5.68. The van der Waals surface area contributed by atoms with Crippen LogP contribution in [0.3, 0.4) is 0 Å². The maximum absolute atomic E-state index is 12.0. The monoisotopic (exact) mass is 273 g/mol. The van der Waals surface area contributed by atoms with Gasteiger partial charge in [0.15, 0.2) is 0 Å². The first kappa shape index (κ1) is 16.2.